The Kier molecular flexibility index (Phi) is 4.20. The average molecular weight is 444 g/mol. The molecule has 1 aromatic carbocycles. The molecule has 2 bridgehead atoms. The van der Waals surface area contributed by atoms with E-state index < -0.39 is 0 Å². The smallest absolute Gasteiger partial charge is 0.411 e. The number of piperidine rings is 1. The third-order valence-corrected chi connectivity index (χ3v) is 8.82. The largest absolute Gasteiger partial charge is 0.485 e. The highest BCUT2D eigenvalue weighted by atomic mass is 16.6. The Morgan fingerprint density at radius 2 is 2.15 bits per heavy atom. The Hall–Kier alpha value is -2.86. The van der Waals surface area contributed by atoms with E-state index in [2.05, 4.69) is 47.3 Å². The summed E-state index contributed by atoms with van der Waals surface area (Å²) < 4.78 is 12.9. The average Bonchev–Trinajstić information content (AvgIpc) is 3.46. The second-order valence-corrected chi connectivity index (χ2v) is 10.3. The summed E-state index contributed by atoms with van der Waals surface area (Å²) in [6, 6.07) is 10.9. The number of carbonyl (C=O) groups is 1. The van der Waals surface area contributed by atoms with Crippen molar-refractivity contribution in [1.82, 2.24) is 14.8 Å². The lowest BCUT2D eigenvalue weighted by Crippen LogP contribution is -2.65. The quantitative estimate of drug-likeness (QED) is 0.660. The molecule has 0 N–H and O–H groups in total. The summed E-state index contributed by atoms with van der Waals surface area (Å²) >= 11 is 0. The summed E-state index contributed by atoms with van der Waals surface area (Å²) in [6.07, 6.45) is 11.3. The number of likely N-dealkylation sites (tertiary alicyclic amines) is 2. The van der Waals surface area contributed by atoms with Crippen LogP contribution in [0.25, 0.3) is 0 Å². The highest BCUT2D eigenvalue weighted by molar-refractivity contribution is 5.69. The van der Waals surface area contributed by atoms with Crippen LogP contribution in [0.3, 0.4) is 0 Å². The molecule has 170 valence electrons. The van der Waals surface area contributed by atoms with Gasteiger partial charge in [-0.1, -0.05) is 24.3 Å². The molecule has 1 unspecified atom stereocenters. The number of amides is 1. The van der Waals surface area contributed by atoms with Crippen LogP contribution < -0.4 is 4.74 Å². The Balaban J connectivity index is 1.21. The zero-order valence-corrected chi connectivity index (χ0v) is 18.9. The van der Waals surface area contributed by atoms with Crippen molar-refractivity contribution < 1.29 is 14.3 Å². The number of hydrogen-bond acceptors (Lipinski definition) is 5. The predicted molar refractivity (Wildman–Crippen MR) is 123 cm³/mol. The number of aromatic nitrogens is 1. The van der Waals surface area contributed by atoms with Gasteiger partial charge in [0, 0.05) is 41.9 Å². The molecule has 0 radical (unpaired) electrons. The molecule has 2 aromatic rings. The summed E-state index contributed by atoms with van der Waals surface area (Å²) in [7, 11) is 2.24. The van der Waals surface area contributed by atoms with Gasteiger partial charge < -0.3 is 19.3 Å². The van der Waals surface area contributed by atoms with E-state index in [4.69, 9.17) is 9.47 Å². The van der Waals surface area contributed by atoms with E-state index in [0.29, 0.717) is 18.5 Å². The van der Waals surface area contributed by atoms with E-state index in [-0.39, 0.29) is 29.8 Å². The summed E-state index contributed by atoms with van der Waals surface area (Å²) in [4.78, 5) is 22.1. The number of pyridine rings is 1. The molecule has 1 spiro atoms. The molecule has 7 rings (SSSR count). The monoisotopic (exact) mass is 443 g/mol. The molecule has 3 aliphatic heterocycles. The van der Waals surface area contributed by atoms with Crippen LogP contribution in [0.2, 0.25) is 0 Å². The SMILES string of the molecule is CN1CCC23c4c5cccc4O[C@H]2[C@@H](OC(=O)N2CCC[C@H]2c2cccnc2)C=C[C@H]3[C@H]1C5. The number of benzene rings is 1. The molecule has 1 amide bonds. The molecule has 33 heavy (non-hydrogen) atoms. The van der Waals surface area contributed by atoms with Crippen LogP contribution in [0, 0.1) is 5.92 Å². The lowest BCUT2D eigenvalue weighted by Gasteiger charge is -2.56. The highest BCUT2D eigenvalue weighted by Gasteiger charge is 2.64. The minimum Gasteiger partial charge on any atom is -0.485 e. The molecule has 6 nitrogen and oxygen atoms in total. The molecule has 4 heterocycles. The van der Waals surface area contributed by atoms with E-state index in [1.807, 2.05) is 23.2 Å². The van der Waals surface area contributed by atoms with Gasteiger partial charge in [0.25, 0.3) is 0 Å². The topological polar surface area (TPSA) is 54.9 Å². The molecule has 1 aromatic heterocycles. The lowest BCUT2D eigenvalue weighted by molar-refractivity contribution is -0.0552. The van der Waals surface area contributed by atoms with Crippen LogP contribution in [-0.2, 0) is 16.6 Å². The van der Waals surface area contributed by atoms with Crippen LogP contribution >= 0.6 is 0 Å². The Morgan fingerprint density at radius 1 is 1.21 bits per heavy atom. The molecule has 2 aliphatic carbocycles. The lowest BCUT2D eigenvalue weighted by atomic mass is 9.53. The first kappa shape index (κ1) is 19.6. The molecule has 6 heteroatoms. The first-order valence-electron chi connectivity index (χ1n) is 12.2. The fourth-order valence-electron chi connectivity index (χ4n) is 7.38. The number of carbonyl (C=O) groups excluding carboxylic acids is 1. The van der Waals surface area contributed by atoms with Crippen molar-refractivity contribution >= 4 is 6.09 Å². The van der Waals surface area contributed by atoms with Crippen molar-refractivity contribution in [2.75, 3.05) is 20.1 Å². The molecular weight excluding hydrogens is 414 g/mol. The number of ether oxygens (including phenoxy) is 2. The molecule has 2 fully saturated rings. The van der Waals surface area contributed by atoms with Gasteiger partial charge in [-0.2, -0.15) is 0 Å². The maximum atomic E-state index is 13.4. The van der Waals surface area contributed by atoms with Gasteiger partial charge >= 0.3 is 6.09 Å². The molecule has 6 atom stereocenters. The minimum atomic E-state index is -0.383. The van der Waals surface area contributed by atoms with Gasteiger partial charge in [-0.3, -0.25) is 4.98 Å². The van der Waals surface area contributed by atoms with Crippen LogP contribution in [0.5, 0.6) is 5.75 Å². The standard InChI is InChI=1S/C27H29N3O3/c1-29-14-11-27-19-9-10-23(25(27)32-22-8-2-5-17(24(22)27)15-21(19)29)33-26(31)30-13-4-7-20(30)18-6-3-12-28-16-18/h2-3,5-6,8-10,12,16,19-21,23,25H,4,7,11,13-15H2,1H3/t19-,20-,21+,23-,25-,27?/m0/s1. The number of rotatable bonds is 2. The Morgan fingerprint density at radius 3 is 3.03 bits per heavy atom. The number of likely N-dealkylation sites (N-methyl/N-ethyl adjacent to an activating group) is 1. The summed E-state index contributed by atoms with van der Waals surface area (Å²) in [5.41, 5.74) is 3.75. The zero-order valence-electron chi connectivity index (χ0n) is 18.9. The van der Waals surface area contributed by atoms with Crippen LogP contribution in [-0.4, -0.2) is 59.3 Å². The molecule has 5 aliphatic rings. The molecular formula is C27H29N3O3. The van der Waals surface area contributed by atoms with E-state index in [0.717, 1.165) is 43.5 Å². The predicted octanol–water partition coefficient (Wildman–Crippen LogP) is 3.87. The first-order chi connectivity index (χ1) is 16.2. The van der Waals surface area contributed by atoms with E-state index >= 15 is 0 Å². The second-order valence-electron chi connectivity index (χ2n) is 10.3. The highest BCUT2D eigenvalue weighted by Crippen LogP contribution is 2.60. The molecule has 0 saturated carbocycles. The van der Waals surface area contributed by atoms with Gasteiger partial charge in [-0.15, -0.1) is 0 Å². The van der Waals surface area contributed by atoms with E-state index in [1.54, 1.807) is 6.20 Å². The van der Waals surface area contributed by atoms with E-state index in [1.165, 1.54) is 11.1 Å². The van der Waals surface area contributed by atoms with Gasteiger partial charge in [-0.05, 0) is 68.6 Å². The number of hydrogen-bond donors (Lipinski definition) is 0. The molecule has 2 saturated heterocycles. The van der Waals surface area contributed by atoms with Crippen molar-refractivity contribution in [3.63, 3.8) is 0 Å². The van der Waals surface area contributed by atoms with Gasteiger partial charge in [0.15, 0.2) is 6.10 Å². The van der Waals surface area contributed by atoms with Crippen molar-refractivity contribution in [2.24, 2.45) is 5.92 Å². The van der Waals surface area contributed by atoms with Crippen LogP contribution in [0.4, 0.5) is 4.79 Å². The maximum Gasteiger partial charge on any atom is 0.411 e. The van der Waals surface area contributed by atoms with Gasteiger partial charge in [0.1, 0.15) is 11.9 Å². The van der Waals surface area contributed by atoms with Gasteiger partial charge in [-0.25, -0.2) is 4.79 Å². The zero-order chi connectivity index (χ0) is 22.2. The normalized spacial score (nSPS) is 35.8. The van der Waals surface area contributed by atoms with Gasteiger partial charge in [0.05, 0.1) is 6.04 Å². The van der Waals surface area contributed by atoms with Crippen molar-refractivity contribution in [3.8, 4) is 5.75 Å². The summed E-state index contributed by atoms with van der Waals surface area (Å²) in [6.45, 7) is 1.75. The van der Waals surface area contributed by atoms with Crippen molar-refractivity contribution in [1.29, 1.82) is 0 Å². The van der Waals surface area contributed by atoms with Crippen LogP contribution in [0.1, 0.15) is 42.0 Å². The Bertz CT molecular complexity index is 1130. The van der Waals surface area contributed by atoms with Crippen molar-refractivity contribution in [2.45, 2.75) is 55.4 Å². The van der Waals surface area contributed by atoms with Crippen LogP contribution in [0.15, 0.2) is 54.9 Å². The number of nitrogens with zero attached hydrogens (tertiary/aromatic N) is 3. The Labute approximate surface area is 194 Å². The summed E-state index contributed by atoms with van der Waals surface area (Å²) in [5, 5.41) is 0. The summed E-state index contributed by atoms with van der Waals surface area (Å²) in [5.74, 6) is 1.38. The third-order valence-electron chi connectivity index (χ3n) is 8.82. The van der Waals surface area contributed by atoms with Crippen molar-refractivity contribution in [3.05, 3.63) is 71.6 Å². The van der Waals surface area contributed by atoms with Gasteiger partial charge in [0.2, 0.25) is 0 Å². The fraction of sp³-hybridized carbons (Fsp3) is 0.481. The first-order valence-corrected chi connectivity index (χ1v) is 12.2. The minimum absolute atomic E-state index is 0.0281. The third kappa shape index (κ3) is 2.64. The fourth-order valence-corrected chi connectivity index (χ4v) is 7.38. The second kappa shape index (κ2) is 7.07. The maximum absolute atomic E-state index is 13.4. The van der Waals surface area contributed by atoms with E-state index in [9.17, 15) is 4.79 Å².